The zero-order valence-electron chi connectivity index (χ0n) is 14.1. The molecule has 1 aliphatic rings. The number of carbonyl (C=O) groups excluding carboxylic acids is 1. The van der Waals surface area contributed by atoms with Crippen LogP contribution in [-0.4, -0.2) is 40.7 Å². The Morgan fingerprint density at radius 2 is 2.04 bits per heavy atom. The maximum Gasteiger partial charge on any atom is 0.220 e. The Morgan fingerprint density at radius 3 is 2.74 bits per heavy atom. The van der Waals surface area contributed by atoms with Crippen molar-refractivity contribution in [1.29, 1.82) is 0 Å². The predicted molar refractivity (Wildman–Crippen MR) is 92.1 cm³/mol. The third kappa shape index (κ3) is 3.55. The van der Waals surface area contributed by atoms with Gasteiger partial charge >= 0.3 is 0 Å². The number of rotatable bonds is 5. The summed E-state index contributed by atoms with van der Waals surface area (Å²) in [7, 11) is 1.71. The van der Waals surface area contributed by atoms with Crippen LogP contribution < -0.4 is 5.32 Å². The molecule has 1 fully saturated rings. The van der Waals surface area contributed by atoms with Gasteiger partial charge in [0.2, 0.25) is 5.91 Å². The number of aromatic nitrogens is 2. The van der Waals surface area contributed by atoms with Crippen LogP contribution in [0.25, 0.3) is 10.9 Å². The maximum atomic E-state index is 11.5. The Labute approximate surface area is 137 Å². The molecule has 2 heterocycles. The van der Waals surface area contributed by atoms with Gasteiger partial charge in [-0.05, 0) is 44.8 Å². The van der Waals surface area contributed by atoms with E-state index in [2.05, 4.69) is 46.1 Å². The van der Waals surface area contributed by atoms with E-state index in [0.29, 0.717) is 12.3 Å². The number of nitrogens with one attached hydrogen (secondary N) is 1. The van der Waals surface area contributed by atoms with Gasteiger partial charge in [-0.2, -0.15) is 5.10 Å². The highest BCUT2D eigenvalue weighted by Crippen LogP contribution is 2.24. The summed E-state index contributed by atoms with van der Waals surface area (Å²) in [4.78, 5) is 14.0. The number of fused-ring (bicyclic) bond motifs is 1. The molecule has 1 N–H and O–H groups in total. The fourth-order valence-electron chi connectivity index (χ4n) is 3.48. The van der Waals surface area contributed by atoms with Gasteiger partial charge in [0.1, 0.15) is 0 Å². The second kappa shape index (κ2) is 7.13. The van der Waals surface area contributed by atoms with Gasteiger partial charge in [0.15, 0.2) is 0 Å². The number of nitrogens with zero attached hydrogens (tertiary/aromatic N) is 3. The number of amides is 1. The Kier molecular flexibility index (Phi) is 4.96. The van der Waals surface area contributed by atoms with E-state index in [1.807, 2.05) is 0 Å². The third-order valence-corrected chi connectivity index (χ3v) is 4.87. The summed E-state index contributed by atoms with van der Waals surface area (Å²) in [5.74, 6) is 0.687. The third-order valence-electron chi connectivity index (χ3n) is 4.87. The molecule has 0 bridgehead atoms. The summed E-state index contributed by atoms with van der Waals surface area (Å²) in [5.41, 5.74) is 2.40. The highest BCUT2D eigenvalue weighted by Gasteiger charge is 2.22. The summed E-state index contributed by atoms with van der Waals surface area (Å²) in [6.07, 6.45) is 2.86. The molecule has 2 aromatic rings. The van der Waals surface area contributed by atoms with E-state index in [1.165, 1.54) is 16.6 Å². The number of carbonyl (C=O) groups is 1. The average Bonchev–Trinajstić information content (AvgIpc) is 2.94. The molecule has 1 amide bonds. The normalized spacial score (nSPS) is 16.8. The largest absolute Gasteiger partial charge is 0.359 e. The van der Waals surface area contributed by atoms with Crippen LogP contribution in [0.1, 0.15) is 31.9 Å². The SMILES string of the molecule is CCn1nc(CN2CCC(CC(=O)NC)CC2)c2ccccc21. The summed E-state index contributed by atoms with van der Waals surface area (Å²) in [6.45, 7) is 6.03. The van der Waals surface area contributed by atoms with Crippen molar-refractivity contribution in [3.8, 4) is 0 Å². The number of para-hydroxylation sites is 1. The fourth-order valence-corrected chi connectivity index (χ4v) is 3.48. The van der Waals surface area contributed by atoms with Crippen LogP contribution in [-0.2, 0) is 17.9 Å². The molecule has 0 atom stereocenters. The first-order valence-corrected chi connectivity index (χ1v) is 8.58. The van der Waals surface area contributed by atoms with Gasteiger partial charge in [0.05, 0.1) is 11.2 Å². The van der Waals surface area contributed by atoms with Gasteiger partial charge in [0.25, 0.3) is 0 Å². The number of hydrogen-bond donors (Lipinski definition) is 1. The standard InChI is InChI=1S/C18H26N4O/c1-3-22-17-7-5-4-6-15(17)16(20-22)13-21-10-8-14(9-11-21)12-18(23)19-2/h4-7,14H,3,8-13H2,1-2H3,(H,19,23). The molecule has 1 aromatic heterocycles. The number of aryl methyl sites for hydroxylation is 1. The van der Waals surface area contributed by atoms with Crippen LogP contribution in [0.4, 0.5) is 0 Å². The van der Waals surface area contributed by atoms with E-state index in [-0.39, 0.29) is 5.91 Å². The Morgan fingerprint density at radius 1 is 1.30 bits per heavy atom. The highest BCUT2D eigenvalue weighted by atomic mass is 16.1. The van der Waals surface area contributed by atoms with Crippen molar-refractivity contribution in [3.63, 3.8) is 0 Å². The summed E-state index contributed by atoms with van der Waals surface area (Å²) in [5, 5.41) is 8.79. The van der Waals surface area contributed by atoms with E-state index in [0.717, 1.165) is 39.0 Å². The van der Waals surface area contributed by atoms with Crippen molar-refractivity contribution in [2.75, 3.05) is 20.1 Å². The Hall–Kier alpha value is -1.88. The number of piperidine rings is 1. The van der Waals surface area contributed by atoms with Gasteiger partial charge in [-0.15, -0.1) is 0 Å². The molecule has 0 unspecified atom stereocenters. The lowest BCUT2D eigenvalue weighted by molar-refractivity contribution is -0.121. The fraction of sp³-hybridized carbons (Fsp3) is 0.556. The van der Waals surface area contributed by atoms with Gasteiger partial charge in [-0.1, -0.05) is 18.2 Å². The highest BCUT2D eigenvalue weighted by molar-refractivity contribution is 5.81. The summed E-state index contributed by atoms with van der Waals surface area (Å²) in [6, 6.07) is 8.47. The molecule has 0 radical (unpaired) electrons. The van der Waals surface area contributed by atoms with Crippen molar-refractivity contribution in [1.82, 2.24) is 20.0 Å². The van der Waals surface area contributed by atoms with Crippen LogP contribution in [0.3, 0.4) is 0 Å². The van der Waals surface area contributed by atoms with Crippen LogP contribution >= 0.6 is 0 Å². The second-order valence-electron chi connectivity index (χ2n) is 6.38. The molecule has 5 nitrogen and oxygen atoms in total. The van der Waals surface area contributed by atoms with E-state index in [1.54, 1.807) is 7.05 Å². The van der Waals surface area contributed by atoms with Crippen LogP contribution in [0.15, 0.2) is 24.3 Å². The van der Waals surface area contributed by atoms with E-state index in [9.17, 15) is 4.79 Å². The van der Waals surface area contributed by atoms with Gasteiger partial charge < -0.3 is 5.32 Å². The van der Waals surface area contributed by atoms with Crippen molar-refractivity contribution in [2.24, 2.45) is 5.92 Å². The quantitative estimate of drug-likeness (QED) is 0.922. The van der Waals surface area contributed by atoms with Gasteiger partial charge in [-0.3, -0.25) is 14.4 Å². The van der Waals surface area contributed by atoms with Gasteiger partial charge in [-0.25, -0.2) is 0 Å². The van der Waals surface area contributed by atoms with Crippen molar-refractivity contribution < 1.29 is 4.79 Å². The lowest BCUT2D eigenvalue weighted by Crippen LogP contribution is -2.35. The number of hydrogen-bond acceptors (Lipinski definition) is 3. The molecule has 5 heteroatoms. The molecule has 0 saturated carbocycles. The molecule has 23 heavy (non-hydrogen) atoms. The first kappa shape index (κ1) is 16.0. The average molecular weight is 314 g/mol. The lowest BCUT2D eigenvalue weighted by Gasteiger charge is -2.31. The van der Waals surface area contributed by atoms with Crippen molar-refractivity contribution >= 4 is 16.8 Å². The smallest absolute Gasteiger partial charge is 0.220 e. The minimum atomic E-state index is 0.163. The number of benzene rings is 1. The first-order chi connectivity index (χ1) is 11.2. The lowest BCUT2D eigenvalue weighted by atomic mass is 9.93. The predicted octanol–water partition coefficient (Wildman–Crippen LogP) is 2.40. The van der Waals surface area contributed by atoms with Crippen LogP contribution in [0.2, 0.25) is 0 Å². The zero-order valence-corrected chi connectivity index (χ0v) is 14.1. The molecule has 0 aliphatic carbocycles. The van der Waals surface area contributed by atoms with E-state index < -0.39 is 0 Å². The number of likely N-dealkylation sites (tertiary alicyclic amines) is 1. The minimum absolute atomic E-state index is 0.163. The van der Waals surface area contributed by atoms with Crippen molar-refractivity contribution in [2.45, 2.75) is 39.3 Å². The van der Waals surface area contributed by atoms with Crippen LogP contribution in [0, 0.1) is 5.92 Å². The zero-order chi connectivity index (χ0) is 16.2. The van der Waals surface area contributed by atoms with Crippen LogP contribution in [0.5, 0.6) is 0 Å². The molecular weight excluding hydrogens is 288 g/mol. The Bertz CT molecular complexity index is 671. The second-order valence-corrected chi connectivity index (χ2v) is 6.38. The summed E-state index contributed by atoms with van der Waals surface area (Å²) < 4.78 is 2.09. The minimum Gasteiger partial charge on any atom is -0.359 e. The van der Waals surface area contributed by atoms with Gasteiger partial charge in [0, 0.05) is 31.9 Å². The van der Waals surface area contributed by atoms with E-state index >= 15 is 0 Å². The molecule has 124 valence electrons. The molecule has 1 aromatic carbocycles. The molecule has 1 aliphatic heterocycles. The maximum absolute atomic E-state index is 11.5. The Balaban J connectivity index is 1.64. The first-order valence-electron chi connectivity index (χ1n) is 8.58. The molecule has 0 spiro atoms. The topological polar surface area (TPSA) is 50.2 Å². The molecular formula is C18H26N4O. The monoisotopic (exact) mass is 314 g/mol. The van der Waals surface area contributed by atoms with E-state index in [4.69, 9.17) is 5.10 Å². The summed E-state index contributed by atoms with van der Waals surface area (Å²) >= 11 is 0. The molecule has 1 saturated heterocycles. The molecule has 3 rings (SSSR count). The van der Waals surface area contributed by atoms with Crippen molar-refractivity contribution in [3.05, 3.63) is 30.0 Å².